The number of hydrogen-bond acceptors (Lipinski definition) is 2. The molecule has 0 aliphatic heterocycles. The standard InChI is InChI=1S/C18H21NO/c1-13-11-14(2)18(15(3)12-13)17(20)9-6-8-16-7-4-5-10-19-16/h4-5,7,10-12H,6,8-9H2,1-3H3. The van der Waals surface area contributed by atoms with E-state index in [1.807, 2.05) is 32.0 Å². The van der Waals surface area contributed by atoms with Crippen LogP contribution in [0.1, 0.15) is 45.6 Å². The highest BCUT2D eigenvalue weighted by Gasteiger charge is 2.12. The summed E-state index contributed by atoms with van der Waals surface area (Å²) in [4.78, 5) is 16.7. The van der Waals surface area contributed by atoms with Crippen molar-refractivity contribution < 1.29 is 4.79 Å². The summed E-state index contributed by atoms with van der Waals surface area (Å²) in [7, 11) is 0. The van der Waals surface area contributed by atoms with Crippen LogP contribution in [0.15, 0.2) is 36.5 Å². The molecule has 2 heteroatoms. The molecule has 2 nitrogen and oxygen atoms in total. The fraction of sp³-hybridized carbons (Fsp3) is 0.333. The zero-order chi connectivity index (χ0) is 14.5. The Morgan fingerprint density at radius 3 is 2.40 bits per heavy atom. The van der Waals surface area contributed by atoms with E-state index in [2.05, 4.69) is 24.0 Å². The van der Waals surface area contributed by atoms with Gasteiger partial charge in [0, 0.05) is 23.9 Å². The second kappa shape index (κ2) is 6.47. The second-order valence-electron chi connectivity index (χ2n) is 5.37. The third kappa shape index (κ3) is 3.53. The van der Waals surface area contributed by atoms with Gasteiger partial charge in [0.2, 0.25) is 0 Å². The number of carbonyl (C=O) groups excluding carboxylic acids is 1. The monoisotopic (exact) mass is 267 g/mol. The molecule has 0 radical (unpaired) electrons. The average molecular weight is 267 g/mol. The van der Waals surface area contributed by atoms with Gasteiger partial charge in [0.15, 0.2) is 5.78 Å². The van der Waals surface area contributed by atoms with E-state index in [4.69, 9.17) is 0 Å². The Bertz CT molecular complexity index is 579. The first-order valence-corrected chi connectivity index (χ1v) is 7.09. The molecule has 0 spiro atoms. The Kier molecular flexibility index (Phi) is 4.67. The lowest BCUT2D eigenvalue weighted by Gasteiger charge is -2.10. The number of hydrogen-bond donors (Lipinski definition) is 0. The minimum Gasteiger partial charge on any atom is -0.294 e. The topological polar surface area (TPSA) is 30.0 Å². The normalized spacial score (nSPS) is 10.6. The fourth-order valence-electron chi connectivity index (χ4n) is 2.72. The van der Waals surface area contributed by atoms with Crippen LogP contribution >= 0.6 is 0 Å². The number of nitrogens with zero attached hydrogens (tertiary/aromatic N) is 1. The maximum atomic E-state index is 12.4. The highest BCUT2D eigenvalue weighted by Crippen LogP contribution is 2.19. The first kappa shape index (κ1) is 14.4. The van der Waals surface area contributed by atoms with Crippen LogP contribution in [-0.2, 0) is 6.42 Å². The number of rotatable bonds is 5. The Labute approximate surface area is 120 Å². The largest absolute Gasteiger partial charge is 0.294 e. The Morgan fingerprint density at radius 2 is 1.80 bits per heavy atom. The molecule has 2 rings (SSSR count). The van der Waals surface area contributed by atoms with E-state index < -0.39 is 0 Å². The lowest BCUT2D eigenvalue weighted by Crippen LogP contribution is -2.06. The molecule has 0 unspecified atom stereocenters. The maximum absolute atomic E-state index is 12.4. The van der Waals surface area contributed by atoms with Gasteiger partial charge in [-0.05, 0) is 56.9 Å². The quantitative estimate of drug-likeness (QED) is 0.759. The molecule has 0 amide bonds. The van der Waals surface area contributed by atoms with Crippen molar-refractivity contribution in [3.63, 3.8) is 0 Å². The molecule has 0 aliphatic rings. The third-order valence-corrected chi connectivity index (χ3v) is 3.52. The van der Waals surface area contributed by atoms with Gasteiger partial charge < -0.3 is 0 Å². The predicted molar refractivity (Wildman–Crippen MR) is 82.2 cm³/mol. The smallest absolute Gasteiger partial charge is 0.163 e. The fourth-order valence-corrected chi connectivity index (χ4v) is 2.72. The number of aryl methyl sites for hydroxylation is 4. The summed E-state index contributed by atoms with van der Waals surface area (Å²) in [6.45, 7) is 6.10. The molecule has 1 aromatic carbocycles. The van der Waals surface area contributed by atoms with Crippen molar-refractivity contribution in [3.05, 3.63) is 64.5 Å². The molecule has 0 saturated carbocycles. The van der Waals surface area contributed by atoms with Crippen LogP contribution in [0.5, 0.6) is 0 Å². The van der Waals surface area contributed by atoms with Crippen molar-refractivity contribution in [2.75, 3.05) is 0 Å². The third-order valence-electron chi connectivity index (χ3n) is 3.52. The molecule has 1 aromatic heterocycles. The van der Waals surface area contributed by atoms with Crippen molar-refractivity contribution in [1.82, 2.24) is 4.98 Å². The van der Waals surface area contributed by atoms with Crippen LogP contribution in [0.25, 0.3) is 0 Å². The van der Waals surface area contributed by atoms with Crippen LogP contribution in [0, 0.1) is 20.8 Å². The van der Waals surface area contributed by atoms with Crippen LogP contribution in [0.3, 0.4) is 0 Å². The van der Waals surface area contributed by atoms with Gasteiger partial charge in [-0.3, -0.25) is 9.78 Å². The maximum Gasteiger partial charge on any atom is 0.163 e. The molecule has 1 heterocycles. The van der Waals surface area contributed by atoms with Crippen molar-refractivity contribution >= 4 is 5.78 Å². The van der Waals surface area contributed by atoms with Crippen molar-refractivity contribution in [2.24, 2.45) is 0 Å². The number of aromatic nitrogens is 1. The van der Waals surface area contributed by atoms with Gasteiger partial charge in [-0.15, -0.1) is 0 Å². The molecule has 0 fully saturated rings. The SMILES string of the molecule is Cc1cc(C)c(C(=O)CCCc2ccccn2)c(C)c1. The molecular formula is C18H21NO. The van der Waals surface area contributed by atoms with Gasteiger partial charge in [0.25, 0.3) is 0 Å². The summed E-state index contributed by atoms with van der Waals surface area (Å²) in [5.74, 6) is 0.246. The molecule has 0 saturated heterocycles. The van der Waals surface area contributed by atoms with Gasteiger partial charge in [0.05, 0.1) is 0 Å². The zero-order valence-electron chi connectivity index (χ0n) is 12.4. The summed E-state index contributed by atoms with van der Waals surface area (Å²) in [5, 5.41) is 0. The Hall–Kier alpha value is -1.96. The average Bonchev–Trinajstić information content (AvgIpc) is 2.38. The van der Waals surface area contributed by atoms with Crippen molar-refractivity contribution in [3.8, 4) is 0 Å². The minimum atomic E-state index is 0.246. The second-order valence-corrected chi connectivity index (χ2v) is 5.37. The summed E-state index contributed by atoms with van der Waals surface area (Å²) >= 11 is 0. The van der Waals surface area contributed by atoms with E-state index in [0.717, 1.165) is 35.2 Å². The first-order valence-electron chi connectivity index (χ1n) is 7.09. The minimum absolute atomic E-state index is 0.246. The van der Waals surface area contributed by atoms with Gasteiger partial charge in [-0.1, -0.05) is 23.8 Å². The molecule has 2 aromatic rings. The van der Waals surface area contributed by atoms with Crippen molar-refractivity contribution in [1.29, 1.82) is 0 Å². The Balaban J connectivity index is 1.99. The van der Waals surface area contributed by atoms with Gasteiger partial charge >= 0.3 is 0 Å². The number of carbonyl (C=O) groups is 1. The summed E-state index contributed by atoms with van der Waals surface area (Å²) < 4.78 is 0. The highest BCUT2D eigenvalue weighted by molar-refractivity contribution is 5.98. The first-order chi connectivity index (χ1) is 9.58. The summed E-state index contributed by atoms with van der Waals surface area (Å²) in [6, 6.07) is 10.1. The van der Waals surface area contributed by atoms with Gasteiger partial charge in [-0.25, -0.2) is 0 Å². The number of Topliss-reactive ketones (excluding diaryl/α,β-unsaturated/α-hetero) is 1. The van der Waals surface area contributed by atoms with E-state index in [-0.39, 0.29) is 5.78 Å². The molecule has 20 heavy (non-hydrogen) atoms. The molecule has 0 bridgehead atoms. The summed E-state index contributed by atoms with van der Waals surface area (Å²) in [5.41, 5.74) is 5.34. The van der Waals surface area contributed by atoms with Crippen LogP contribution in [-0.4, -0.2) is 10.8 Å². The van der Waals surface area contributed by atoms with E-state index in [1.165, 1.54) is 5.56 Å². The Morgan fingerprint density at radius 1 is 1.10 bits per heavy atom. The van der Waals surface area contributed by atoms with E-state index in [0.29, 0.717) is 6.42 Å². The zero-order valence-corrected chi connectivity index (χ0v) is 12.4. The molecule has 0 aliphatic carbocycles. The van der Waals surface area contributed by atoms with Crippen LogP contribution in [0.2, 0.25) is 0 Å². The molecular weight excluding hydrogens is 246 g/mol. The number of pyridine rings is 1. The van der Waals surface area contributed by atoms with Gasteiger partial charge in [-0.2, -0.15) is 0 Å². The molecule has 0 N–H and O–H groups in total. The molecule has 0 atom stereocenters. The molecule has 104 valence electrons. The highest BCUT2D eigenvalue weighted by atomic mass is 16.1. The summed E-state index contributed by atoms with van der Waals surface area (Å²) in [6.07, 6.45) is 4.09. The van der Waals surface area contributed by atoms with Gasteiger partial charge in [0.1, 0.15) is 0 Å². The number of ketones is 1. The number of benzene rings is 1. The van der Waals surface area contributed by atoms with Crippen molar-refractivity contribution in [2.45, 2.75) is 40.0 Å². The predicted octanol–water partition coefficient (Wildman–Crippen LogP) is 4.21. The van der Waals surface area contributed by atoms with Crippen LogP contribution < -0.4 is 0 Å². The van der Waals surface area contributed by atoms with E-state index in [1.54, 1.807) is 6.20 Å². The van der Waals surface area contributed by atoms with E-state index >= 15 is 0 Å². The lowest BCUT2D eigenvalue weighted by molar-refractivity contribution is 0.0979. The van der Waals surface area contributed by atoms with E-state index in [9.17, 15) is 4.79 Å². The lowest BCUT2D eigenvalue weighted by atomic mass is 9.94. The van der Waals surface area contributed by atoms with Crippen LogP contribution in [0.4, 0.5) is 0 Å².